The molecule has 1 aromatic rings. The molecule has 1 aliphatic heterocycles. The number of hydrogen-bond donors (Lipinski definition) is 2. The van der Waals surface area contributed by atoms with Crippen LogP contribution < -0.4 is 16.2 Å². The summed E-state index contributed by atoms with van der Waals surface area (Å²) >= 11 is 5.90. The van der Waals surface area contributed by atoms with E-state index in [0.717, 1.165) is 5.69 Å². The molecule has 1 heterocycles. The summed E-state index contributed by atoms with van der Waals surface area (Å²) in [6.45, 7) is 0. The van der Waals surface area contributed by atoms with Crippen molar-refractivity contribution in [3.63, 3.8) is 0 Å². The fourth-order valence-corrected chi connectivity index (χ4v) is 1.32. The van der Waals surface area contributed by atoms with Gasteiger partial charge in [0, 0.05) is 12.4 Å². The van der Waals surface area contributed by atoms with Gasteiger partial charge in [-0.1, -0.05) is 29.8 Å². The van der Waals surface area contributed by atoms with Crippen molar-refractivity contribution >= 4 is 17.3 Å². The van der Waals surface area contributed by atoms with Gasteiger partial charge in [-0.3, -0.25) is 10.4 Å². The molecule has 0 saturated heterocycles. The van der Waals surface area contributed by atoms with Gasteiger partial charge in [-0.15, -0.1) is 0 Å². The first kappa shape index (κ1) is 8.97. The quantitative estimate of drug-likeness (QED) is 0.739. The molecule has 0 fully saturated rings. The highest BCUT2D eigenvalue weighted by Gasteiger charge is 2.09. The number of anilines is 1. The summed E-state index contributed by atoms with van der Waals surface area (Å²) in [5.41, 5.74) is 10.1. The van der Waals surface area contributed by atoms with Gasteiger partial charge in [0.05, 0.1) is 16.4 Å². The van der Waals surface area contributed by atoms with Crippen LogP contribution in [0.15, 0.2) is 53.5 Å². The molecule has 72 valence electrons. The molecule has 0 aliphatic carbocycles. The average Bonchev–Trinajstić information content (AvgIpc) is 2.23. The summed E-state index contributed by atoms with van der Waals surface area (Å²) in [5, 5.41) is 2.34. The van der Waals surface area contributed by atoms with Gasteiger partial charge in [0.15, 0.2) is 0 Å². The van der Waals surface area contributed by atoms with Gasteiger partial charge in [0.25, 0.3) is 0 Å². The molecule has 0 unspecified atom stereocenters. The molecule has 0 atom stereocenters. The molecule has 4 heteroatoms. The lowest BCUT2D eigenvalue weighted by Crippen LogP contribution is -2.33. The van der Waals surface area contributed by atoms with Gasteiger partial charge >= 0.3 is 0 Å². The maximum Gasteiger partial charge on any atom is 0.0833 e. The maximum atomic E-state index is 5.90. The van der Waals surface area contributed by atoms with E-state index in [0.29, 0.717) is 10.7 Å². The van der Waals surface area contributed by atoms with Crippen LogP contribution in [0.1, 0.15) is 0 Å². The number of para-hydroxylation sites is 1. The van der Waals surface area contributed by atoms with Crippen LogP contribution in [0, 0.1) is 0 Å². The van der Waals surface area contributed by atoms with Crippen molar-refractivity contribution in [2.75, 3.05) is 5.01 Å². The summed E-state index contributed by atoms with van der Waals surface area (Å²) in [7, 11) is 0. The third kappa shape index (κ3) is 1.67. The highest BCUT2D eigenvalue weighted by atomic mass is 35.5. The van der Waals surface area contributed by atoms with Crippen LogP contribution in [0.25, 0.3) is 0 Å². The average molecular weight is 208 g/mol. The number of benzene rings is 1. The number of nitrogens with zero attached hydrogens (tertiary/aromatic N) is 1. The van der Waals surface area contributed by atoms with Crippen LogP contribution in [-0.2, 0) is 0 Å². The lowest BCUT2D eigenvalue weighted by atomic mass is 10.3. The molecule has 0 amide bonds. The summed E-state index contributed by atoms with van der Waals surface area (Å²) < 4.78 is 0. The predicted octanol–water partition coefficient (Wildman–Crippen LogP) is 1.89. The summed E-state index contributed by atoms with van der Waals surface area (Å²) in [6, 6.07) is 9.83. The Balaban J connectivity index is 2.25. The molecule has 2 rings (SSSR count). The summed E-state index contributed by atoms with van der Waals surface area (Å²) in [5.74, 6) is 0. The highest BCUT2D eigenvalue weighted by Crippen LogP contribution is 2.19. The van der Waals surface area contributed by atoms with Crippen molar-refractivity contribution < 1.29 is 0 Å². The number of hydrazine groups is 1. The molecule has 1 aliphatic rings. The third-order valence-corrected chi connectivity index (χ3v) is 2.23. The Kier molecular flexibility index (Phi) is 2.33. The molecule has 3 N–H and O–H groups in total. The standard InChI is InChI=1S/C10H10ClN3/c11-9-7-14(13-6-10(9)12)8-4-2-1-3-5-8/h1-7,13H,12H2. The number of hydrogen-bond acceptors (Lipinski definition) is 3. The first-order valence-corrected chi connectivity index (χ1v) is 4.59. The van der Waals surface area contributed by atoms with E-state index in [1.165, 1.54) is 0 Å². The van der Waals surface area contributed by atoms with Crippen LogP contribution in [0.3, 0.4) is 0 Å². The minimum absolute atomic E-state index is 0.535. The summed E-state index contributed by atoms with van der Waals surface area (Å²) in [6.07, 6.45) is 3.40. The van der Waals surface area contributed by atoms with E-state index in [2.05, 4.69) is 5.43 Å². The van der Waals surface area contributed by atoms with E-state index < -0.39 is 0 Å². The van der Waals surface area contributed by atoms with Gasteiger partial charge in [0.1, 0.15) is 0 Å². The molecule has 0 bridgehead atoms. The van der Waals surface area contributed by atoms with Gasteiger partial charge in [-0.2, -0.15) is 0 Å². The molecule has 0 aromatic heterocycles. The predicted molar refractivity (Wildman–Crippen MR) is 58.3 cm³/mol. The Hall–Kier alpha value is -1.61. The van der Waals surface area contributed by atoms with Crippen molar-refractivity contribution in [1.82, 2.24) is 5.43 Å². The molecule has 3 nitrogen and oxygen atoms in total. The second-order valence-electron chi connectivity index (χ2n) is 2.91. The smallest absolute Gasteiger partial charge is 0.0833 e. The highest BCUT2D eigenvalue weighted by molar-refractivity contribution is 6.32. The number of rotatable bonds is 1. The van der Waals surface area contributed by atoms with Gasteiger partial charge in [0.2, 0.25) is 0 Å². The van der Waals surface area contributed by atoms with Crippen molar-refractivity contribution in [3.05, 3.63) is 53.5 Å². The Morgan fingerprint density at radius 3 is 2.57 bits per heavy atom. The third-order valence-electron chi connectivity index (χ3n) is 1.91. The van der Waals surface area contributed by atoms with E-state index in [1.807, 2.05) is 30.3 Å². The lowest BCUT2D eigenvalue weighted by molar-refractivity contribution is 0.850. The van der Waals surface area contributed by atoms with E-state index in [1.54, 1.807) is 17.4 Å². The molecule has 14 heavy (non-hydrogen) atoms. The SMILES string of the molecule is NC1=CNN(c2ccccc2)C=C1Cl. The van der Waals surface area contributed by atoms with Crippen LogP contribution >= 0.6 is 11.6 Å². The zero-order chi connectivity index (χ0) is 9.97. The van der Waals surface area contributed by atoms with Crippen LogP contribution in [0.4, 0.5) is 5.69 Å². The fourth-order valence-electron chi connectivity index (χ4n) is 1.17. The monoisotopic (exact) mass is 207 g/mol. The van der Waals surface area contributed by atoms with Gasteiger partial charge in [-0.05, 0) is 12.1 Å². The molecule has 0 saturated carbocycles. The van der Waals surface area contributed by atoms with E-state index >= 15 is 0 Å². The van der Waals surface area contributed by atoms with Gasteiger partial charge in [-0.25, -0.2) is 0 Å². The van der Waals surface area contributed by atoms with Crippen molar-refractivity contribution in [3.8, 4) is 0 Å². The van der Waals surface area contributed by atoms with Crippen LogP contribution in [0.5, 0.6) is 0 Å². The van der Waals surface area contributed by atoms with Crippen LogP contribution in [0.2, 0.25) is 0 Å². The Bertz CT molecular complexity index is 384. The maximum absolute atomic E-state index is 5.90. The van der Waals surface area contributed by atoms with Gasteiger partial charge < -0.3 is 5.73 Å². The number of halogens is 1. The first-order chi connectivity index (χ1) is 6.77. The Morgan fingerprint density at radius 1 is 1.21 bits per heavy atom. The first-order valence-electron chi connectivity index (χ1n) is 4.21. The second-order valence-corrected chi connectivity index (χ2v) is 3.32. The zero-order valence-electron chi connectivity index (χ0n) is 7.44. The summed E-state index contributed by atoms with van der Waals surface area (Å²) in [4.78, 5) is 0. The van der Waals surface area contributed by atoms with Crippen LogP contribution in [-0.4, -0.2) is 0 Å². The minimum Gasteiger partial charge on any atom is -0.396 e. The van der Waals surface area contributed by atoms with Crippen molar-refractivity contribution in [2.45, 2.75) is 0 Å². The number of nitrogens with two attached hydrogens (primary N) is 1. The lowest BCUT2D eigenvalue weighted by Gasteiger charge is -2.24. The molecule has 1 aromatic carbocycles. The molecule has 0 radical (unpaired) electrons. The number of nitrogens with one attached hydrogen (secondary N) is 1. The molecule has 0 spiro atoms. The van der Waals surface area contributed by atoms with E-state index in [9.17, 15) is 0 Å². The topological polar surface area (TPSA) is 41.3 Å². The van der Waals surface area contributed by atoms with Crippen molar-refractivity contribution in [2.24, 2.45) is 5.73 Å². The Labute approximate surface area is 87.4 Å². The second kappa shape index (κ2) is 3.64. The largest absolute Gasteiger partial charge is 0.396 e. The molecular weight excluding hydrogens is 198 g/mol. The van der Waals surface area contributed by atoms with Crippen molar-refractivity contribution in [1.29, 1.82) is 0 Å². The Morgan fingerprint density at radius 2 is 1.93 bits per heavy atom. The normalized spacial score (nSPS) is 15.6. The fraction of sp³-hybridized carbons (Fsp3) is 0. The molecular formula is C10H10ClN3. The zero-order valence-corrected chi connectivity index (χ0v) is 8.20. The number of allylic oxidation sites excluding steroid dienone is 1. The van der Waals surface area contributed by atoms with E-state index in [-0.39, 0.29) is 0 Å². The minimum atomic E-state index is 0.535. The van der Waals surface area contributed by atoms with E-state index in [4.69, 9.17) is 17.3 Å².